The lowest BCUT2D eigenvalue weighted by Crippen LogP contribution is -2.13. The smallest absolute Gasteiger partial charge is 0.276 e. The van der Waals surface area contributed by atoms with Crippen molar-refractivity contribution in [3.8, 4) is 11.3 Å². The molecule has 6 heteroatoms. The van der Waals surface area contributed by atoms with Gasteiger partial charge < -0.3 is 5.32 Å². The first kappa shape index (κ1) is 14.6. The minimum absolute atomic E-state index is 0.228. The minimum atomic E-state index is -0.228. The van der Waals surface area contributed by atoms with Crippen LogP contribution in [0, 0.1) is 6.92 Å². The van der Waals surface area contributed by atoms with Gasteiger partial charge >= 0.3 is 0 Å². The van der Waals surface area contributed by atoms with Gasteiger partial charge in [-0.2, -0.15) is 0 Å². The molecule has 0 aliphatic carbocycles. The highest BCUT2D eigenvalue weighted by Gasteiger charge is 2.21. The van der Waals surface area contributed by atoms with E-state index in [0.717, 1.165) is 27.5 Å². The van der Waals surface area contributed by atoms with Gasteiger partial charge in [0.05, 0.1) is 5.69 Å². The number of hydrogen-bond donors (Lipinski definition) is 1. The Kier molecular flexibility index (Phi) is 3.59. The van der Waals surface area contributed by atoms with Crippen LogP contribution in [0.15, 0.2) is 60.4 Å². The van der Waals surface area contributed by atoms with E-state index in [-0.39, 0.29) is 5.91 Å². The molecule has 0 fully saturated rings. The molecule has 118 valence electrons. The van der Waals surface area contributed by atoms with Gasteiger partial charge in [0.15, 0.2) is 10.7 Å². The van der Waals surface area contributed by atoms with E-state index < -0.39 is 0 Å². The zero-order valence-electron chi connectivity index (χ0n) is 12.9. The number of nitrogens with one attached hydrogen (secondary N) is 1. The molecule has 3 heterocycles. The Morgan fingerprint density at radius 1 is 1.21 bits per heavy atom. The maximum Gasteiger partial charge on any atom is 0.276 e. The van der Waals surface area contributed by atoms with Crippen LogP contribution in [0.1, 0.15) is 16.1 Å². The van der Waals surface area contributed by atoms with Crippen LogP contribution in [0.2, 0.25) is 0 Å². The number of thiazole rings is 1. The number of pyridine rings is 1. The largest absolute Gasteiger partial charge is 0.321 e. The van der Waals surface area contributed by atoms with Crippen LogP contribution in [0.25, 0.3) is 16.2 Å². The number of aromatic nitrogens is 3. The van der Waals surface area contributed by atoms with Crippen LogP contribution in [-0.4, -0.2) is 20.3 Å². The molecular formula is C18H14N4OS. The third-order valence-electron chi connectivity index (χ3n) is 3.72. The molecule has 3 aromatic heterocycles. The summed E-state index contributed by atoms with van der Waals surface area (Å²) in [4.78, 5) is 22.2. The first-order valence-electron chi connectivity index (χ1n) is 7.46. The van der Waals surface area contributed by atoms with E-state index in [1.165, 1.54) is 11.3 Å². The summed E-state index contributed by atoms with van der Waals surface area (Å²) in [6, 6.07) is 11.5. The average molecular weight is 334 g/mol. The topological polar surface area (TPSA) is 59.3 Å². The van der Waals surface area contributed by atoms with Crippen molar-refractivity contribution in [2.75, 3.05) is 5.32 Å². The summed E-state index contributed by atoms with van der Waals surface area (Å²) < 4.78 is 1.92. The normalized spacial score (nSPS) is 10.9. The van der Waals surface area contributed by atoms with Gasteiger partial charge in [-0.25, -0.2) is 4.98 Å². The van der Waals surface area contributed by atoms with Crippen molar-refractivity contribution in [1.82, 2.24) is 14.4 Å². The molecule has 1 N–H and O–H groups in total. The van der Waals surface area contributed by atoms with Crippen molar-refractivity contribution in [3.05, 3.63) is 71.6 Å². The number of fused-ring (bicyclic) bond motifs is 1. The molecule has 0 radical (unpaired) electrons. The molecule has 0 saturated carbocycles. The average Bonchev–Trinajstić information content (AvgIpc) is 3.18. The van der Waals surface area contributed by atoms with Gasteiger partial charge in [-0.05, 0) is 31.2 Å². The Morgan fingerprint density at radius 3 is 2.79 bits per heavy atom. The second-order valence-corrected chi connectivity index (χ2v) is 6.30. The number of rotatable bonds is 3. The second kappa shape index (κ2) is 5.90. The zero-order valence-corrected chi connectivity index (χ0v) is 13.7. The molecule has 0 aliphatic rings. The summed E-state index contributed by atoms with van der Waals surface area (Å²) in [7, 11) is 0. The first-order chi connectivity index (χ1) is 11.7. The van der Waals surface area contributed by atoms with E-state index in [0.29, 0.717) is 5.69 Å². The van der Waals surface area contributed by atoms with Gasteiger partial charge in [-0.15, -0.1) is 11.3 Å². The lowest BCUT2D eigenvalue weighted by Gasteiger charge is -2.06. The van der Waals surface area contributed by atoms with Crippen molar-refractivity contribution >= 4 is 27.9 Å². The third kappa shape index (κ3) is 2.57. The van der Waals surface area contributed by atoms with E-state index in [2.05, 4.69) is 15.3 Å². The molecule has 4 aromatic rings. The quantitative estimate of drug-likeness (QED) is 0.615. The number of nitrogens with zero attached hydrogens (tertiary/aromatic N) is 3. The van der Waals surface area contributed by atoms with Crippen molar-refractivity contribution < 1.29 is 4.79 Å². The predicted octanol–water partition coefficient (Wildman–Crippen LogP) is 4.02. The molecule has 4 rings (SSSR count). The predicted molar refractivity (Wildman–Crippen MR) is 95.4 cm³/mol. The SMILES string of the molecule is Cc1ccc(NC(=O)c2nc3sccn3c2-c2cccnc2)cc1. The van der Waals surface area contributed by atoms with Gasteiger partial charge in [0, 0.05) is 35.2 Å². The molecule has 0 spiro atoms. The van der Waals surface area contributed by atoms with Gasteiger partial charge in [0.1, 0.15) is 0 Å². The second-order valence-electron chi connectivity index (χ2n) is 5.43. The highest BCUT2D eigenvalue weighted by molar-refractivity contribution is 7.15. The van der Waals surface area contributed by atoms with Crippen LogP contribution < -0.4 is 5.32 Å². The molecule has 0 bridgehead atoms. The Balaban J connectivity index is 1.77. The number of aryl methyl sites for hydroxylation is 1. The number of anilines is 1. The van der Waals surface area contributed by atoms with Gasteiger partial charge in [0.25, 0.3) is 5.91 Å². The molecule has 0 unspecified atom stereocenters. The minimum Gasteiger partial charge on any atom is -0.321 e. The lowest BCUT2D eigenvalue weighted by atomic mass is 10.1. The maximum atomic E-state index is 12.8. The van der Waals surface area contributed by atoms with Crippen molar-refractivity contribution in [3.63, 3.8) is 0 Å². The van der Waals surface area contributed by atoms with Crippen molar-refractivity contribution in [2.45, 2.75) is 6.92 Å². The standard InChI is InChI=1S/C18H14N4OS/c1-12-4-6-14(7-5-12)20-17(23)15-16(13-3-2-8-19-11-13)22-9-10-24-18(22)21-15/h2-11H,1H3,(H,20,23). The highest BCUT2D eigenvalue weighted by atomic mass is 32.1. The van der Waals surface area contributed by atoms with Crippen molar-refractivity contribution in [2.24, 2.45) is 0 Å². The number of carbonyl (C=O) groups excluding carboxylic acids is 1. The molecule has 0 saturated heterocycles. The Labute approximate surface area is 142 Å². The van der Waals surface area contributed by atoms with E-state index >= 15 is 0 Å². The Morgan fingerprint density at radius 2 is 2.04 bits per heavy atom. The number of benzene rings is 1. The summed E-state index contributed by atoms with van der Waals surface area (Å²) in [5, 5.41) is 4.86. The fraction of sp³-hybridized carbons (Fsp3) is 0.0556. The van der Waals surface area contributed by atoms with Gasteiger partial charge in [0.2, 0.25) is 0 Å². The number of imidazole rings is 1. The number of amides is 1. The summed E-state index contributed by atoms with van der Waals surface area (Å²) in [6.45, 7) is 2.01. The Bertz CT molecular complexity index is 1000. The zero-order chi connectivity index (χ0) is 16.5. The molecule has 24 heavy (non-hydrogen) atoms. The summed E-state index contributed by atoms with van der Waals surface area (Å²) in [6.07, 6.45) is 5.36. The fourth-order valence-corrected chi connectivity index (χ4v) is 3.26. The van der Waals surface area contributed by atoms with Gasteiger partial charge in [-0.3, -0.25) is 14.2 Å². The first-order valence-corrected chi connectivity index (χ1v) is 8.34. The third-order valence-corrected chi connectivity index (χ3v) is 4.48. The monoisotopic (exact) mass is 334 g/mol. The maximum absolute atomic E-state index is 12.8. The van der Waals surface area contributed by atoms with Crippen LogP contribution in [-0.2, 0) is 0 Å². The molecule has 0 aliphatic heterocycles. The highest BCUT2D eigenvalue weighted by Crippen LogP contribution is 2.27. The van der Waals surface area contributed by atoms with Crippen LogP contribution >= 0.6 is 11.3 Å². The molecule has 1 aromatic carbocycles. The molecule has 0 atom stereocenters. The van der Waals surface area contributed by atoms with Gasteiger partial charge in [-0.1, -0.05) is 17.7 Å². The van der Waals surface area contributed by atoms with Crippen molar-refractivity contribution in [1.29, 1.82) is 0 Å². The molecule has 1 amide bonds. The van der Waals surface area contributed by atoms with E-state index in [9.17, 15) is 4.79 Å². The summed E-state index contributed by atoms with van der Waals surface area (Å²) in [5.74, 6) is -0.228. The fourth-order valence-electron chi connectivity index (χ4n) is 2.55. The molecular weight excluding hydrogens is 320 g/mol. The van der Waals surface area contributed by atoms with Crippen LogP contribution in [0.4, 0.5) is 5.69 Å². The van der Waals surface area contributed by atoms with E-state index in [4.69, 9.17) is 0 Å². The lowest BCUT2D eigenvalue weighted by molar-refractivity contribution is 0.102. The molecule has 5 nitrogen and oxygen atoms in total. The van der Waals surface area contributed by atoms with E-state index in [1.54, 1.807) is 12.4 Å². The summed E-state index contributed by atoms with van der Waals surface area (Å²) >= 11 is 1.49. The number of carbonyl (C=O) groups is 1. The van der Waals surface area contributed by atoms with Crippen LogP contribution in [0.3, 0.4) is 0 Å². The van der Waals surface area contributed by atoms with Crippen LogP contribution in [0.5, 0.6) is 0 Å². The summed E-state index contributed by atoms with van der Waals surface area (Å²) in [5.41, 5.74) is 3.91. The van der Waals surface area contributed by atoms with E-state index in [1.807, 2.05) is 59.3 Å². The number of hydrogen-bond acceptors (Lipinski definition) is 4. The Hall–Kier alpha value is -2.99.